The van der Waals surface area contributed by atoms with E-state index < -0.39 is 0 Å². The Morgan fingerprint density at radius 1 is 0.688 bits per heavy atom. The van der Waals surface area contributed by atoms with Crippen molar-refractivity contribution in [1.82, 2.24) is 0 Å². The summed E-state index contributed by atoms with van der Waals surface area (Å²) in [6.07, 6.45) is 5.12. The van der Waals surface area contributed by atoms with Crippen LogP contribution in [0.1, 0.15) is 11.1 Å². The fraction of sp³-hybridized carbons (Fsp3) is 0.385. The zero-order valence-corrected chi connectivity index (χ0v) is 19.1. The maximum absolute atomic E-state index is 5.84. The third kappa shape index (κ3) is 8.29. The van der Waals surface area contributed by atoms with Gasteiger partial charge in [0.05, 0.1) is 40.6 Å². The highest BCUT2D eigenvalue weighted by Crippen LogP contribution is 2.29. The normalized spacial score (nSPS) is 10.4. The van der Waals surface area contributed by atoms with Gasteiger partial charge in [-0.1, -0.05) is 24.3 Å². The van der Waals surface area contributed by atoms with Crippen LogP contribution < -0.4 is 18.9 Å². The Labute approximate surface area is 191 Å². The van der Waals surface area contributed by atoms with Crippen LogP contribution in [0, 0.1) is 0 Å². The van der Waals surface area contributed by atoms with E-state index in [9.17, 15) is 0 Å². The molecule has 2 aromatic rings. The van der Waals surface area contributed by atoms with E-state index in [0.717, 1.165) is 40.5 Å². The van der Waals surface area contributed by atoms with Crippen molar-refractivity contribution in [3.05, 3.63) is 72.8 Å². The van der Waals surface area contributed by atoms with Crippen molar-refractivity contribution < 1.29 is 28.4 Å². The molecule has 0 aliphatic rings. The second-order valence-corrected chi connectivity index (χ2v) is 6.82. The minimum atomic E-state index is 0.449. The van der Waals surface area contributed by atoms with Crippen LogP contribution in [0.4, 0.5) is 0 Å². The van der Waals surface area contributed by atoms with Crippen LogP contribution in [0.25, 0.3) is 0 Å². The molecule has 174 valence electrons. The number of benzene rings is 2. The number of ether oxygens (including phenoxy) is 6. The van der Waals surface area contributed by atoms with Gasteiger partial charge in [0.1, 0.15) is 36.2 Å². The first-order chi connectivity index (χ1) is 15.7. The highest BCUT2D eigenvalue weighted by Gasteiger charge is 2.08. The summed E-state index contributed by atoms with van der Waals surface area (Å²) in [4.78, 5) is 0. The third-order valence-electron chi connectivity index (χ3n) is 4.63. The zero-order chi connectivity index (χ0) is 23.0. The van der Waals surface area contributed by atoms with E-state index in [1.54, 1.807) is 14.2 Å². The van der Waals surface area contributed by atoms with E-state index in [-0.39, 0.29) is 0 Å². The van der Waals surface area contributed by atoms with Crippen molar-refractivity contribution in [1.29, 1.82) is 0 Å². The molecule has 0 aliphatic carbocycles. The van der Waals surface area contributed by atoms with Crippen molar-refractivity contribution in [3.63, 3.8) is 0 Å². The minimum Gasteiger partial charge on any atom is -0.496 e. The van der Waals surface area contributed by atoms with Crippen molar-refractivity contribution in [2.45, 2.75) is 12.8 Å². The summed E-state index contributed by atoms with van der Waals surface area (Å²) in [6.45, 7) is 10.4. The molecule has 0 amide bonds. The monoisotopic (exact) mass is 442 g/mol. The van der Waals surface area contributed by atoms with Gasteiger partial charge in [-0.2, -0.15) is 0 Å². The fourth-order valence-electron chi connectivity index (χ4n) is 3.11. The Bertz CT molecular complexity index is 833. The third-order valence-corrected chi connectivity index (χ3v) is 4.63. The minimum absolute atomic E-state index is 0.449. The van der Waals surface area contributed by atoms with Crippen molar-refractivity contribution in [2.75, 3.05) is 53.9 Å². The van der Waals surface area contributed by atoms with Gasteiger partial charge < -0.3 is 28.4 Å². The van der Waals surface area contributed by atoms with E-state index in [0.29, 0.717) is 46.1 Å². The van der Waals surface area contributed by atoms with Crippen LogP contribution in [-0.4, -0.2) is 53.9 Å². The summed E-state index contributed by atoms with van der Waals surface area (Å²) in [6, 6.07) is 11.5. The van der Waals surface area contributed by atoms with Crippen molar-refractivity contribution >= 4 is 0 Å². The van der Waals surface area contributed by atoms with Gasteiger partial charge in [0.2, 0.25) is 0 Å². The maximum atomic E-state index is 5.84. The number of hydrogen-bond acceptors (Lipinski definition) is 6. The second kappa shape index (κ2) is 14.9. The van der Waals surface area contributed by atoms with Crippen LogP contribution in [-0.2, 0) is 22.3 Å². The van der Waals surface area contributed by atoms with E-state index in [1.165, 1.54) is 0 Å². The first-order valence-electron chi connectivity index (χ1n) is 10.7. The van der Waals surface area contributed by atoms with Crippen molar-refractivity contribution in [3.8, 4) is 23.0 Å². The highest BCUT2D eigenvalue weighted by molar-refractivity contribution is 5.46. The molecule has 0 unspecified atom stereocenters. The molecule has 0 N–H and O–H groups in total. The average Bonchev–Trinajstić information content (AvgIpc) is 2.82. The highest BCUT2D eigenvalue weighted by atomic mass is 16.6. The first-order valence-corrected chi connectivity index (χ1v) is 10.7. The van der Waals surface area contributed by atoms with Crippen LogP contribution in [0.5, 0.6) is 23.0 Å². The molecule has 0 bridgehead atoms. The molecule has 0 radical (unpaired) electrons. The van der Waals surface area contributed by atoms with Crippen LogP contribution in [0.3, 0.4) is 0 Å². The fourth-order valence-corrected chi connectivity index (χ4v) is 3.11. The lowest BCUT2D eigenvalue weighted by atomic mass is 10.1. The number of rotatable bonds is 17. The molecule has 6 heteroatoms. The SMILES string of the molecule is C=CCc1ccc(OCCOCCOCCOc2cccc(OC)c2CC=C)cc1OC. The molecule has 0 aliphatic heterocycles. The topological polar surface area (TPSA) is 55.4 Å². The molecule has 0 atom stereocenters. The Morgan fingerprint density at radius 2 is 1.31 bits per heavy atom. The van der Waals surface area contributed by atoms with Gasteiger partial charge in [0.15, 0.2) is 0 Å². The predicted molar refractivity (Wildman–Crippen MR) is 126 cm³/mol. The first kappa shape index (κ1) is 25.3. The molecule has 0 saturated heterocycles. The summed E-state index contributed by atoms with van der Waals surface area (Å²) >= 11 is 0. The molecule has 0 saturated carbocycles. The summed E-state index contributed by atoms with van der Waals surface area (Å²) in [5, 5.41) is 0. The number of methoxy groups -OCH3 is 2. The smallest absolute Gasteiger partial charge is 0.126 e. The van der Waals surface area contributed by atoms with Gasteiger partial charge in [0.25, 0.3) is 0 Å². The summed E-state index contributed by atoms with van der Waals surface area (Å²) in [5.41, 5.74) is 2.07. The molecule has 6 nitrogen and oxygen atoms in total. The van der Waals surface area contributed by atoms with Crippen LogP contribution in [0.15, 0.2) is 61.7 Å². The van der Waals surface area contributed by atoms with Crippen molar-refractivity contribution in [2.24, 2.45) is 0 Å². The van der Waals surface area contributed by atoms with E-state index in [4.69, 9.17) is 28.4 Å². The standard InChI is InChI=1S/C26H34O6/c1-5-8-21-12-13-22(20-26(21)28-4)31-18-16-29-14-15-30-17-19-32-25-11-7-10-24(27-3)23(25)9-6-2/h5-7,10-13,20H,1-2,8-9,14-19H2,3-4H3. The molecular weight excluding hydrogens is 408 g/mol. The summed E-state index contributed by atoms with van der Waals surface area (Å²) in [7, 11) is 3.30. The number of allylic oxidation sites excluding steroid dienone is 2. The molecule has 2 rings (SSSR count). The Hall–Kier alpha value is -2.96. The van der Waals surface area contributed by atoms with Crippen LogP contribution >= 0.6 is 0 Å². The molecule has 0 fully saturated rings. The average molecular weight is 443 g/mol. The Kier molecular flexibility index (Phi) is 11.8. The second-order valence-electron chi connectivity index (χ2n) is 6.82. The lowest BCUT2D eigenvalue weighted by Gasteiger charge is -2.14. The van der Waals surface area contributed by atoms with Gasteiger partial charge >= 0.3 is 0 Å². The quantitative estimate of drug-likeness (QED) is 0.263. The summed E-state index contributed by atoms with van der Waals surface area (Å²) < 4.78 is 33.5. The molecule has 0 heterocycles. The molecule has 2 aromatic carbocycles. The lowest BCUT2D eigenvalue weighted by molar-refractivity contribution is 0.0272. The molecular formula is C26H34O6. The van der Waals surface area contributed by atoms with Gasteiger partial charge in [-0.25, -0.2) is 0 Å². The van der Waals surface area contributed by atoms with Gasteiger partial charge in [-0.05, 0) is 36.6 Å². The van der Waals surface area contributed by atoms with E-state index in [2.05, 4.69) is 13.2 Å². The van der Waals surface area contributed by atoms with Crippen LogP contribution in [0.2, 0.25) is 0 Å². The molecule has 0 spiro atoms. The van der Waals surface area contributed by atoms with Gasteiger partial charge in [-0.3, -0.25) is 0 Å². The van der Waals surface area contributed by atoms with Gasteiger partial charge in [0, 0.05) is 11.6 Å². The zero-order valence-electron chi connectivity index (χ0n) is 19.1. The Balaban J connectivity index is 1.57. The lowest BCUT2D eigenvalue weighted by Crippen LogP contribution is -2.14. The van der Waals surface area contributed by atoms with E-state index in [1.807, 2.05) is 48.6 Å². The number of hydrogen-bond donors (Lipinski definition) is 0. The molecule has 0 aromatic heterocycles. The summed E-state index contributed by atoms with van der Waals surface area (Å²) in [5.74, 6) is 3.13. The molecule has 32 heavy (non-hydrogen) atoms. The Morgan fingerprint density at radius 3 is 1.97 bits per heavy atom. The predicted octanol–water partition coefficient (Wildman–Crippen LogP) is 4.65. The largest absolute Gasteiger partial charge is 0.496 e. The van der Waals surface area contributed by atoms with Gasteiger partial charge in [-0.15, -0.1) is 13.2 Å². The van der Waals surface area contributed by atoms with E-state index >= 15 is 0 Å². The maximum Gasteiger partial charge on any atom is 0.126 e.